The fourth-order valence-corrected chi connectivity index (χ4v) is 5.30. The van der Waals surface area contributed by atoms with Gasteiger partial charge in [0.15, 0.2) is 0 Å². The van der Waals surface area contributed by atoms with E-state index in [0.29, 0.717) is 10.0 Å². The predicted octanol–water partition coefficient (Wildman–Crippen LogP) is 3.57. The maximum Gasteiger partial charge on any atom is 0.252 e. The van der Waals surface area contributed by atoms with Gasteiger partial charge in [0.1, 0.15) is 4.21 Å². The van der Waals surface area contributed by atoms with E-state index in [1.807, 2.05) is 19.1 Å². The van der Waals surface area contributed by atoms with Gasteiger partial charge in [0, 0.05) is 16.3 Å². The largest absolute Gasteiger partial charge is 0.325 e. The second-order valence-electron chi connectivity index (χ2n) is 4.83. The van der Waals surface area contributed by atoms with Crippen molar-refractivity contribution < 1.29 is 13.2 Å². The van der Waals surface area contributed by atoms with Gasteiger partial charge in [-0.15, -0.1) is 11.3 Å². The Morgan fingerprint density at radius 3 is 2.61 bits per heavy atom. The normalized spacial score (nSPS) is 11.7. The fourth-order valence-electron chi connectivity index (χ4n) is 1.83. The molecular formula is C14H14ClIN2O3S2. The monoisotopic (exact) mass is 484 g/mol. The van der Waals surface area contributed by atoms with E-state index in [1.165, 1.54) is 19.2 Å². The van der Waals surface area contributed by atoms with Crippen LogP contribution in [0.3, 0.4) is 0 Å². The van der Waals surface area contributed by atoms with Gasteiger partial charge in [0.05, 0.1) is 10.9 Å². The van der Waals surface area contributed by atoms with Crippen LogP contribution >= 0.6 is 45.5 Å². The topological polar surface area (TPSA) is 66.5 Å². The van der Waals surface area contributed by atoms with E-state index in [-0.39, 0.29) is 10.8 Å². The van der Waals surface area contributed by atoms with E-state index in [9.17, 15) is 13.2 Å². The van der Waals surface area contributed by atoms with Crippen molar-refractivity contribution >= 4 is 67.1 Å². The summed E-state index contributed by atoms with van der Waals surface area (Å²) in [6, 6.07) is 8.55. The van der Waals surface area contributed by atoms with E-state index < -0.39 is 15.9 Å². The third-order valence-corrected chi connectivity index (χ3v) is 7.21. The lowest BCUT2D eigenvalue weighted by molar-refractivity contribution is -0.116. The van der Waals surface area contributed by atoms with Gasteiger partial charge in [-0.3, -0.25) is 4.79 Å². The lowest BCUT2D eigenvalue weighted by atomic mass is 10.2. The quantitative estimate of drug-likeness (QED) is 0.660. The van der Waals surface area contributed by atoms with Crippen LogP contribution in [0.15, 0.2) is 34.5 Å². The Balaban J connectivity index is 2.07. The zero-order valence-electron chi connectivity index (χ0n) is 12.3. The van der Waals surface area contributed by atoms with Crippen LogP contribution in [0.4, 0.5) is 5.69 Å². The van der Waals surface area contributed by atoms with Gasteiger partial charge in [-0.2, -0.15) is 4.31 Å². The van der Waals surface area contributed by atoms with Crippen LogP contribution in [-0.2, 0) is 14.8 Å². The van der Waals surface area contributed by atoms with Crippen molar-refractivity contribution in [2.75, 3.05) is 18.9 Å². The summed E-state index contributed by atoms with van der Waals surface area (Å²) in [4.78, 5) is 12.1. The number of nitrogens with one attached hydrogen (secondary N) is 1. The van der Waals surface area contributed by atoms with Crippen molar-refractivity contribution in [1.82, 2.24) is 4.31 Å². The molecule has 0 radical (unpaired) electrons. The molecule has 0 bridgehead atoms. The molecule has 0 atom stereocenters. The van der Waals surface area contributed by atoms with Gasteiger partial charge in [-0.1, -0.05) is 11.6 Å². The molecule has 5 nitrogen and oxygen atoms in total. The zero-order chi connectivity index (χ0) is 17.2. The minimum atomic E-state index is -3.72. The molecule has 0 aliphatic heterocycles. The summed E-state index contributed by atoms with van der Waals surface area (Å²) in [6.07, 6.45) is 0. The molecule has 0 aliphatic carbocycles. The van der Waals surface area contributed by atoms with Gasteiger partial charge in [-0.05, 0) is 65.4 Å². The zero-order valence-corrected chi connectivity index (χ0v) is 16.9. The number of aryl methyl sites for hydroxylation is 1. The van der Waals surface area contributed by atoms with Crippen LogP contribution in [0.25, 0.3) is 0 Å². The molecule has 1 aromatic heterocycles. The Labute approximate surface area is 157 Å². The molecule has 2 aromatic rings. The van der Waals surface area contributed by atoms with Crippen molar-refractivity contribution in [3.63, 3.8) is 0 Å². The number of sulfonamides is 1. The summed E-state index contributed by atoms with van der Waals surface area (Å²) in [5.74, 6) is -0.400. The van der Waals surface area contributed by atoms with Crippen LogP contribution in [0.2, 0.25) is 4.34 Å². The number of benzene rings is 1. The van der Waals surface area contributed by atoms with Crippen LogP contribution in [0.5, 0.6) is 0 Å². The number of carbonyl (C=O) groups is 1. The van der Waals surface area contributed by atoms with Crippen LogP contribution < -0.4 is 5.32 Å². The number of nitrogens with zero attached hydrogens (tertiary/aromatic N) is 1. The maximum atomic E-state index is 12.3. The van der Waals surface area contributed by atoms with E-state index >= 15 is 0 Å². The number of hydrogen-bond acceptors (Lipinski definition) is 4. The Bertz CT molecular complexity index is 836. The van der Waals surface area contributed by atoms with Crippen molar-refractivity contribution in [2.45, 2.75) is 11.1 Å². The Morgan fingerprint density at radius 1 is 1.35 bits per heavy atom. The highest BCUT2D eigenvalue weighted by atomic mass is 127. The van der Waals surface area contributed by atoms with Crippen molar-refractivity contribution in [3.8, 4) is 0 Å². The molecule has 2 rings (SSSR count). The predicted molar refractivity (Wildman–Crippen MR) is 102 cm³/mol. The first kappa shape index (κ1) is 18.7. The number of likely N-dealkylation sites (N-methyl/N-ethyl adjacent to an activating group) is 1. The first-order chi connectivity index (χ1) is 10.7. The molecule has 23 heavy (non-hydrogen) atoms. The van der Waals surface area contributed by atoms with Crippen LogP contribution in [0, 0.1) is 10.5 Å². The average molecular weight is 485 g/mol. The molecule has 0 fully saturated rings. The molecule has 0 saturated heterocycles. The van der Waals surface area contributed by atoms with Crippen LogP contribution in [0.1, 0.15) is 5.56 Å². The summed E-state index contributed by atoms with van der Waals surface area (Å²) >= 11 is 8.92. The second-order valence-corrected chi connectivity index (χ2v) is 10.1. The van der Waals surface area contributed by atoms with Crippen molar-refractivity contribution in [3.05, 3.63) is 43.8 Å². The third-order valence-electron chi connectivity index (χ3n) is 3.04. The first-order valence-corrected chi connectivity index (χ1v) is 10.2. The third kappa shape index (κ3) is 4.66. The minimum Gasteiger partial charge on any atom is -0.325 e. The molecule has 9 heteroatoms. The second kappa shape index (κ2) is 7.47. The summed E-state index contributed by atoms with van der Waals surface area (Å²) in [5.41, 5.74) is 1.58. The lowest BCUT2D eigenvalue weighted by Crippen LogP contribution is -2.34. The Morgan fingerprint density at radius 2 is 2.04 bits per heavy atom. The van der Waals surface area contributed by atoms with E-state index in [1.54, 1.807) is 6.07 Å². The average Bonchev–Trinajstić information content (AvgIpc) is 2.89. The summed E-state index contributed by atoms with van der Waals surface area (Å²) in [5, 5.41) is 2.73. The number of hydrogen-bond donors (Lipinski definition) is 1. The fraction of sp³-hybridized carbons (Fsp3) is 0.214. The van der Waals surface area contributed by atoms with Gasteiger partial charge in [0.2, 0.25) is 5.91 Å². The number of thiophene rings is 1. The Hall–Kier alpha value is -0.680. The molecule has 0 unspecified atom stereocenters. The number of halogens is 2. The number of rotatable bonds is 5. The standard InChI is InChI=1S/C14H14ClIN2O3S2/c1-9-7-10(16)3-4-11(9)17-13(19)8-18(2)23(20,21)14-6-5-12(15)22-14/h3-7H,8H2,1-2H3,(H,17,19). The smallest absolute Gasteiger partial charge is 0.252 e. The maximum absolute atomic E-state index is 12.3. The lowest BCUT2D eigenvalue weighted by Gasteiger charge is -2.16. The molecule has 0 spiro atoms. The highest BCUT2D eigenvalue weighted by molar-refractivity contribution is 14.1. The van der Waals surface area contributed by atoms with Crippen LogP contribution in [-0.4, -0.2) is 32.2 Å². The molecule has 1 aromatic carbocycles. The molecule has 124 valence electrons. The van der Waals surface area contributed by atoms with Gasteiger partial charge >= 0.3 is 0 Å². The van der Waals surface area contributed by atoms with Gasteiger partial charge < -0.3 is 5.32 Å². The highest BCUT2D eigenvalue weighted by Gasteiger charge is 2.24. The molecule has 1 N–H and O–H groups in total. The summed E-state index contributed by atoms with van der Waals surface area (Å²) < 4.78 is 27.3. The summed E-state index contributed by atoms with van der Waals surface area (Å²) in [7, 11) is -2.35. The number of carbonyl (C=O) groups excluding carboxylic acids is 1. The highest BCUT2D eigenvalue weighted by Crippen LogP contribution is 2.27. The van der Waals surface area contributed by atoms with Crippen molar-refractivity contribution in [1.29, 1.82) is 0 Å². The molecule has 0 aliphatic rings. The van der Waals surface area contributed by atoms with Gasteiger partial charge in [0.25, 0.3) is 10.0 Å². The Kier molecular flexibility index (Phi) is 6.06. The molecule has 0 saturated carbocycles. The van der Waals surface area contributed by atoms with E-state index in [0.717, 1.165) is 24.8 Å². The molecular weight excluding hydrogens is 471 g/mol. The first-order valence-electron chi connectivity index (χ1n) is 6.48. The number of amides is 1. The van der Waals surface area contributed by atoms with E-state index in [2.05, 4.69) is 27.9 Å². The van der Waals surface area contributed by atoms with Crippen molar-refractivity contribution in [2.24, 2.45) is 0 Å². The SMILES string of the molecule is Cc1cc(I)ccc1NC(=O)CN(C)S(=O)(=O)c1ccc(Cl)s1. The summed E-state index contributed by atoms with van der Waals surface area (Å²) in [6.45, 7) is 1.61. The van der Waals surface area contributed by atoms with Gasteiger partial charge in [-0.25, -0.2) is 8.42 Å². The minimum absolute atomic E-state index is 0.114. The molecule has 1 heterocycles. The van der Waals surface area contributed by atoms with E-state index in [4.69, 9.17) is 11.6 Å². The molecule has 1 amide bonds. The number of anilines is 1.